The largest absolute Gasteiger partial charge is 0.220 e. The highest BCUT2D eigenvalue weighted by molar-refractivity contribution is 6.92. The van der Waals surface area contributed by atoms with E-state index in [1.54, 1.807) is 16.3 Å². The van der Waals surface area contributed by atoms with Gasteiger partial charge in [-0.15, -0.1) is 0 Å². The van der Waals surface area contributed by atoms with Gasteiger partial charge in [-0.1, -0.05) is 95.8 Å². The quantitative estimate of drug-likeness (QED) is 0.242. The third kappa shape index (κ3) is 5.08. The summed E-state index contributed by atoms with van der Waals surface area (Å²) < 4.78 is 2.39. The summed E-state index contributed by atoms with van der Waals surface area (Å²) in [5.41, 5.74) is 7.70. The molecule has 2 aliphatic carbocycles. The Kier molecular flexibility index (Phi) is 7.44. The SMILES string of the molecule is Cc1c(-c2c3ccc([Si](C)(C)C(C)(C)C)cc3cc[n+]2C)cc(C2CCCCC2)cc1C1CCCCC1. The number of nitrogens with zero attached hydrogens (tertiary/aromatic N) is 1. The van der Waals surface area contributed by atoms with E-state index in [0.717, 1.165) is 11.8 Å². The number of hydrogen-bond donors (Lipinski definition) is 0. The van der Waals surface area contributed by atoms with E-state index in [1.165, 1.54) is 91.8 Å². The first-order valence-electron chi connectivity index (χ1n) is 15.2. The van der Waals surface area contributed by atoms with Crippen LogP contribution in [0, 0.1) is 6.92 Å². The van der Waals surface area contributed by atoms with E-state index in [9.17, 15) is 0 Å². The maximum absolute atomic E-state index is 2.66. The fourth-order valence-corrected chi connectivity index (χ4v) is 8.93. The standard InChI is InChI=1S/C35H50NSi/c1-25-32(27-16-12-9-13-17-27)23-29(26-14-10-8-11-15-26)24-33(25)34-31-19-18-30(37(6,7)35(2,3)4)22-28(31)20-21-36(34)5/h18-24,26-27H,8-17H2,1-7H3/q+1. The average Bonchev–Trinajstić information content (AvgIpc) is 2.89. The van der Waals surface area contributed by atoms with E-state index in [1.807, 2.05) is 0 Å². The second-order valence-electron chi connectivity index (χ2n) is 13.9. The number of pyridine rings is 1. The van der Waals surface area contributed by atoms with Crippen molar-refractivity contribution in [2.75, 3.05) is 0 Å². The molecule has 0 amide bonds. The van der Waals surface area contributed by atoms with Crippen molar-refractivity contribution in [1.29, 1.82) is 0 Å². The molecule has 37 heavy (non-hydrogen) atoms. The zero-order valence-corrected chi connectivity index (χ0v) is 25.7. The van der Waals surface area contributed by atoms with Crippen LogP contribution in [0.4, 0.5) is 0 Å². The summed E-state index contributed by atoms with van der Waals surface area (Å²) in [5, 5.41) is 4.72. The number of aryl methyl sites for hydroxylation is 1. The highest BCUT2D eigenvalue weighted by atomic mass is 28.3. The Labute approximate surface area is 227 Å². The van der Waals surface area contributed by atoms with Crippen molar-refractivity contribution in [2.45, 2.75) is 122 Å². The van der Waals surface area contributed by atoms with E-state index < -0.39 is 8.07 Å². The highest BCUT2D eigenvalue weighted by Crippen LogP contribution is 2.43. The van der Waals surface area contributed by atoms with Gasteiger partial charge in [-0.3, -0.25) is 0 Å². The molecule has 2 fully saturated rings. The van der Waals surface area contributed by atoms with Gasteiger partial charge >= 0.3 is 0 Å². The lowest BCUT2D eigenvalue weighted by molar-refractivity contribution is -0.659. The van der Waals surface area contributed by atoms with Crippen LogP contribution in [0.2, 0.25) is 18.1 Å². The monoisotopic (exact) mass is 512 g/mol. The van der Waals surface area contributed by atoms with Crippen LogP contribution in [0.15, 0.2) is 42.6 Å². The molecule has 5 rings (SSSR count). The summed E-state index contributed by atoms with van der Waals surface area (Å²) in [6, 6.07) is 15.1. The van der Waals surface area contributed by atoms with E-state index in [2.05, 4.69) is 95.0 Å². The van der Waals surface area contributed by atoms with E-state index >= 15 is 0 Å². The van der Waals surface area contributed by atoms with Gasteiger partial charge in [-0.2, -0.15) is 0 Å². The highest BCUT2D eigenvalue weighted by Gasteiger charge is 2.37. The maximum Gasteiger partial charge on any atom is 0.220 e. The van der Waals surface area contributed by atoms with Crippen LogP contribution in [0.25, 0.3) is 22.0 Å². The predicted molar refractivity (Wildman–Crippen MR) is 164 cm³/mol. The number of hydrogen-bond acceptors (Lipinski definition) is 0. The number of rotatable bonds is 4. The molecule has 0 saturated heterocycles. The van der Waals surface area contributed by atoms with E-state index in [0.29, 0.717) is 5.04 Å². The minimum atomic E-state index is -1.59. The van der Waals surface area contributed by atoms with Crippen LogP contribution >= 0.6 is 0 Å². The van der Waals surface area contributed by atoms with Gasteiger partial charge in [0.05, 0.1) is 19.0 Å². The summed E-state index contributed by atoms with van der Waals surface area (Å²) in [5.74, 6) is 1.47. The first-order valence-corrected chi connectivity index (χ1v) is 18.2. The van der Waals surface area contributed by atoms with Crippen LogP contribution in [-0.4, -0.2) is 8.07 Å². The van der Waals surface area contributed by atoms with Crippen molar-refractivity contribution in [3.63, 3.8) is 0 Å². The molecule has 2 aliphatic rings. The molecule has 0 unspecified atom stereocenters. The zero-order valence-electron chi connectivity index (χ0n) is 24.7. The summed E-state index contributed by atoms with van der Waals surface area (Å²) >= 11 is 0. The van der Waals surface area contributed by atoms with Crippen LogP contribution < -0.4 is 9.75 Å². The fraction of sp³-hybridized carbons (Fsp3) is 0.571. The molecule has 0 radical (unpaired) electrons. The maximum atomic E-state index is 2.66. The van der Waals surface area contributed by atoms with Crippen molar-refractivity contribution in [3.8, 4) is 11.3 Å². The summed E-state index contributed by atoms with van der Waals surface area (Å²) in [6.07, 6.45) is 16.2. The Morgan fingerprint density at radius 1 is 0.784 bits per heavy atom. The van der Waals surface area contributed by atoms with Crippen molar-refractivity contribution < 1.29 is 4.57 Å². The van der Waals surface area contributed by atoms with Crippen LogP contribution in [0.1, 0.15) is 114 Å². The topological polar surface area (TPSA) is 3.88 Å². The third-order valence-corrected chi connectivity index (χ3v) is 16.1. The van der Waals surface area contributed by atoms with Crippen molar-refractivity contribution in [3.05, 3.63) is 59.3 Å². The Balaban J connectivity index is 1.69. The number of aromatic nitrogens is 1. The molecule has 2 aromatic carbocycles. The Bertz CT molecular complexity index is 1270. The Morgan fingerprint density at radius 2 is 1.41 bits per heavy atom. The second-order valence-corrected chi connectivity index (χ2v) is 19.2. The summed E-state index contributed by atoms with van der Waals surface area (Å²) in [6.45, 7) is 14.8. The molecular weight excluding hydrogens is 462 g/mol. The third-order valence-electron chi connectivity index (χ3n) is 10.6. The minimum absolute atomic E-state index is 0.336. The molecule has 2 saturated carbocycles. The smallest absolute Gasteiger partial charge is 0.200 e. The molecule has 1 aromatic heterocycles. The van der Waals surface area contributed by atoms with Crippen LogP contribution in [-0.2, 0) is 7.05 Å². The summed E-state index contributed by atoms with van der Waals surface area (Å²) in [4.78, 5) is 0. The zero-order chi connectivity index (χ0) is 26.4. The van der Waals surface area contributed by atoms with E-state index in [-0.39, 0.29) is 0 Å². The molecule has 3 aromatic rings. The number of benzene rings is 2. The van der Waals surface area contributed by atoms with Gasteiger partial charge in [0.15, 0.2) is 6.20 Å². The van der Waals surface area contributed by atoms with Crippen molar-refractivity contribution in [1.82, 2.24) is 0 Å². The number of fused-ring (bicyclic) bond motifs is 1. The molecule has 0 atom stereocenters. The fourth-order valence-electron chi connectivity index (χ4n) is 7.04. The molecule has 0 N–H and O–H groups in total. The lowest BCUT2D eigenvalue weighted by Gasteiger charge is -2.37. The lowest BCUT2D eigenvalue weighted by Crippen LogP contribution is -2.49. The first-order chi connectivity index (χ1) is 17.6. The van der Waals surface area contributed by atoms with E-state index in [4.69, 9.17) is 0 Å². The van der Waals surface area contributed by atoms with Crippen molar-refractivity contribution >= 4 is 24.0 Å². The summed E-state index contributed by atoms with van der Waals surface area (Å²) in [7, 11) is 0.664. The molecule has 0 aliphatic heterocycles. The van der Waals surface area contributed by atoms with Gasteiger partial charge in [-0.05, 0) is 83.7 Å². The van der Waals surface area contributed by atoms with Gasteiger partial charge in [0.1, 0.15) is 7.05 Å². The van der Waals surface area contributed by atoms with Gasteiger partial charge < -0.3 is 0 Å². The second kappa shape index (κ2) is 10.3. The van der Waals surface area contributed by atoms with Gasteiger partial charge in [0, 0.05) is 6.07 Å². The molecule has 1 nitrogen and oxygen atoms in total. The molecular formula is C35H50NSi+. The average molecular weight is 513 g/mol. The van der Waals surface area contributed by atoms with Gasteiger partial charge in [0.25, 0.3) is 0 Å². The van der Waals surface area contributed by atoms with Crippen molar-refractivity contribution in [2.24, 2.45) is 7.05 Å². The van der Waals surface area contributed by atoms with Crippen LogP contribution in [0.3, 0.4) is 0 Å². The van der Waals surface area contributed by atoms with Crippen LogP contribution in [0.5, 0.6) is 0 Å². The predicted octanol–water partition coefficient (Wildman–Crippen LogP) is 9.45. The molecule has 0 bridgehead atoms. The Hall–Kier alpha value is -1.93. The molecule has 0 spiro atoms. The molecule has 198 valence electrons. The molecule has 1 heterocycles. The minimum Gasteiger partial charge on any atom is -0.200 e. The molecule has 2 heteroatoms. The first kappa shape index (κ1) is 26.7. The van der Waals surface area contributed by atoms with Gasteiger partial charge in [-0.25, -0.2) is 4.57 Å². The lowest BCUT2D eigenvalue weighted by atomic mass is 9.76. The van der Waals surface area contributed by atoms with Gasteiger partial charge in [0.2, 0.25) is 5.69 Å². The normalized spacial score (nSPS) is 18.5. The Morgan fingerprint density at radius 3 is 2.03 bits per heavy atom.